The van der Waals surface area contributed by atoms with E-state index >= 15 is 0 Å². The molecular weight excluding hydrogens is 404 g/mol. The average Bonchev–Trinajstić information content (AvgIpc) is 3.08. The van der Waals surface area contributed by atoms with E-state index in [1.807, 2.05) is 55.5 Å². The maximum atomic E-state index is 13.3. The van der Waals surface area contributed by atoms with Gasteiger partial charge in [0.25, 0.3) is 10.0 Å². The predicted octanol–water partition coefficient (Wildman–Crippen LogP) is 5.37. The zero-order valence-electron chi connectivity index (χ0n) is 17.5. The number of nitrogens with zero attached hydrogens (tertiary/aromatic N) is 2. The Morgan fingerprint density at radius 2 is 1.61 bits per heavy atom. The summed E-state index contributed by atoms with van der Waals surface area (Å²) in [7, 11) is -3.64. The molecule has 5 rings (SSSR count). The van der Waals surface area contributed by atoms with E-state index in [2.05, 4.69) is 24.8 Å². The molecule has 31 heavy (non-hydrogen) atoms. The molecular formula is C26H24N2O2S. The molecule has 5 heteroatoms. The fourth-order valence-electron chi connectivity index (χ4n) is 4.80. The van der Waals surface area contributed by atoms with Gasteiger partial charge in [0, 0.05) is 24.1 Å². The third-order valence-electron chi connectivity index (χ3n) is 6.36. The zero-order chi connectivity index (χ0) is 21.6. The molecule has 1 saturated heterocycles. The summed E-state index contributed by atoms with van der Waals surface area (Å²) in [6.07, 6.45) is 1.17. The smallest absolute Gasteiger partial charge is 0.264 e. The van der Waals surface area contributed by atoms with Crippen molar-refractivity contribution in [3.8, 4) is 0 Å². The highest BCUT2D eigenvalue weighted by Gasteiger charge is 2.48. The van der Waals surface area contributed by atoms with Crippen molar-refractivity contribution in [1.29, 1.82) is 0 Å². The molecule has 4 nitrogen and oxygen atoms in total. The van der Waals surface area contributed by atoms with Gasteiger partial charge in [-0.3, -0.25) is 9.30 Å². The van der Waals surface area contributed by atoms with E-state index in [0.717, 1.165) is 28.1 Å². The number of aryl methyl sites for hydroxylation is 1. The lowest BCUT2D eigenvalue weighted by atomic mass is 9.68. The predicted molar refractivity (Wildman–Crippen MR) is 124 cm³/mol. The molecule has 1 fully saturated rings. The van der Waals surface area contributed by atoms with Crippen molar-refractivity contribution < 1.29 is 8.42 Å². The van der Waals surface area contributed by atoms with Crippen molar-refractivity contribution in [1.82, 2.24) is 4.31 Å². The van der Waals surface area contributed by atoms with Crippen LogP contribution in [0.3, 0.4) is 0 Å². The monoisotopic (exact) mass is 428 g/mol. The molecule has 2 aliphatic rings. The number of rotatable bonds is 3. The Morgan fingerprint density at radius 3 is 2.32 bits per heavy atom. The maximum absolute atomic E-state index is 13.3. The Labute approximate surface area is 183 Å². The summed E-state index contributed by atoms with van der Waals surface area (Å²) in [6, 6.07) is 25.3. The molecule has 0 aliphatic carbocycles. The minimum Gasteiger partial charge on any atom is -0.271 e. The third kappa shape index (κ3) is 3.12. The number of aliphatic imine (C=N–C) groups is 1. The number of fused-ring (bicyclic) bond motifs is 2. The highest BCUT2D eigenvalue weighted by atomic mass is 32.2. The number of piperidine rings is 1. The van der Waals surface area contributed by atoms with Crippen molar-refractivity contribution >= 4 is 21.4 Å². The van der Waals surface area contributed by atoms with Gasteiger partial charge in [-0.1, -0.05) is 72.8 Å². The highest BCUT2D eigenvalue weighted by molar-refractivity contribution is 7.89. The first-order chi connectivity index (χ1) is 14.9. The topological polar surface area (TPSA) is 49.7 Å². The van der Waals surface area contributed by atoms with E-state index in [4.69, 9.17) is 4.99 Å². The average molecular weight is 429 g/mol. The number of hydrogen-bond donors (Lipinski definition) is 0. The number of allylic oxidation sites excluding steroid dienone is 1. The van der Waals surface area contributed by atoms with Gasteiger partial charge in [-0.15, -0.1) is 0 Å². The second-order valence-electron chi connectivity index (χ2n) is 8.31. The fourth-order valence-corrected chi connectivity index (χ4v) is 6.27. The van der Waals surface area contributed by atoms with Gasteiger partial charge in [-0.05, 0) is 42.7 Å². The first-order valence-electron chi connectivity index (χ1n) is 10.4. The minimum atomic E-state index is -3.64. The fraction of sp³-hybridized carbons (Fsp3) is 0.192. The lowest BCUT2D eigenvalue weighted by molar-refractivity contribution is 0.346. The van der Waals surface area contributed by atoms with E-state index in [0.29, 0.717) is 30.0 Å². The van der Waals surface area contributed by atoms with Crippen LogP contribution < -0.4 is 0 Å². The standard InChI is InChI=1S/C26H24N2O2S/c1-19-12-14-22(15-13-19)31(29,30)28-17-16-26(18-20(28)2)23-10-6-7-11-24(23)27-25(26)21-8-4-3-5-9-21/h3-15H,2,16-18H2,1H3. The van der Waals surface area contributed by atoms with Crippen LogP contribution in [0.15, 0.2) is 101 Å². The zero-order valence-corrected chi connectivity index (χ0v) is 18.3. The molecule has 0 amide bonds. The van der Waals surface area contributed by atoms with Crippen LogP contribution in [0.1, 0.15) is 29.5 Å². The summed E-state index contributed by atoms with van der Waals surface area (Å²) in [6.45, 7) is 6.53. The molecule has 1 spiro atoms. The van der Waals surface area contributed by atoms with Crippen LogP contribution in [-0.2, 0) is 15.4 Å². The summed E-state index contributed by atoms with van der Waals surface area (Å²) < 4.78 is 28.2. The van der Waals surface area contributed by atoms with Crippen molar-refractivity contribution in [2.24, 2.45) is 4.99 Å². The van der Waals surface area contributed by atoms with Gasteiger partial charge < -0.3 is 0 Å². The van der Waals surface area contributed by atoms with Crippen LogP contribution in [-0.4, -0.2) is 25.0 Å². The van der Waals surface area contributed by atoms with Crippen molar-refractivity contribution in [3.05, 3.63) is 108 Å². The molecule has 2 heterocycles. The van der Waals surface area contributed by atoms with Crippen LogP contribution in [0.25, 0.3) is 0 Å². The Morgan fingerprint density at radius 1 is 0.935 bits per heavy atom. The highest BCUT2D eigenvalue weighted by Crippen LogP contribution is 2.51. The van der Waals surface area contributed by atoms with Crippen LogP contribution in [0.4, 0.5) is 5.69 Å². The molecule has 0 bridgehead atoms. The minimum absolute atomic E-state index is 0.305. The molecule has 1 atom stereocenters. The normalized spacial score (nSPS) is 20.6. The van der Waals surface area contributed by atoms with Gasteiger partial charge in [0.15, 0.2) is 0 Å². The van der Waals surface area contributed by atoms with Crippen molar-refractivity contribution in [2.75, 3.05) is 6.54 Å². The van der Waals surface area contributed by atoms with E-state index in [1.165, 1.54) is 4.31 Å². The van der Waals surface area contributed by atoms with Crippen LogP contribution in [0, 0.1) is 6.92 Å². The Bertz CT molecular complexity index is 1290. The second kappa shape index (κ2) is 7.20. The van der Waals surface area contributed by atoms with Crippen LogP contribution in [0.2, 0.25) is 0 Å². The first kappa shape index (κ1) is 19.8. The Kier molecular flexibility index (Phi) is 4.59. The van der Waals surface area contributed by atoms with E-state index in [-0.39, 0.29) is 5.41 Å². The molecule has 0 radical (unpaired) electrons. The van der Waals surface area contributed by atoms with Crippen LogP contribution in [0.5, 0.6) is 0 Å². The Balaban J connectivity index is 1.54. The van der Waals surface area contributed by atoms with Crippen LogP contribution >= 0.6 is 0 Å². The number of hydrogen-bond acceptors (Lipinski definition) is 3. The van der Waals surface area contributed by atoms with Crippen molar-refractivity contribution in [2.45, 2.75) is 30.1 Å². The summed E-state index contributed by atoms with van der Waals surface area (Å²) in [5, 5.41) is 0. The number of sulfonamides is 1. The van der Waals surface area contributed by atoms with Gasteiger partial charge in [0.1, 0.15) is 0 Å². The van der Waals surface area contributed by atoms with Gasteiger partial charge in [-0.25, -0.2) is 8.42 Å². The molecule has 0 N–H and O–H groups in total. The molecule has 2 aliphatic heterocycles. The lowest BCUT2D eigenvalue weighted by Crippen LogP contribution is -2.46. The molecule has 0 saturated carbocycles. The van der Waals surface area contributed by atoms with Gasteiger partial charge in [-0.2, -0.15) is 0 Å². The molecule has 156 valence electrons. The van der Waals surface area contributed by atoms with E-state index < -0.39 is 10.0 Å². The Hall–Kier alpha value is -3.18. The largest absolute Gasteiger partial charge is 0.271 e. The van der Waals surface area contributed by atoms with Crippen molar-refractivity contribution in [3.63, 3.8) is 0 Å². The summed E-state index contributed by atoms with van der Waals surface area (Å²) >= 11 is 0. The maximum Gasteiger partial charge on any atom is 0.264 e. The molecule has 1 unspecified atom stereocenters. The summed E-state index contributed by atoms with van der Waals surface area (Å²) in [5.74, 6) is 0. The first-order valence-corrected chi connectivity index (χ1v) is 11.9. The van der Waals surface area contributed by atoms with Gasteiger partial charge in [0.2, 0.25) is 0 Å². The second-order valence-corrected chi connectivity index (χ2v) is 10.2. The lowest BCUT2D eigenvalue weighted by Gasteiger charge is -2.42. The molecule has 0 aromatic heterocycles. The van der Waals surface area contributed by atoms with E-state index in [9.17, 15) is 8.42 Å². The number of benzene rings is 3. The van der Waals surface area contributed by atoms with Gasteiger partial charge >= 0.3 is 0 Å². The third-order valence-corrected chi connectivity index (χ3v) is 8.25. The van der Waals surface area contributed by atoms with E-state index in [1.54, 1.807) is 12.1 Å². The quantitative estimate of drug-likeness (QED) is 0.563. The molecule has 3 aromatic rings. The summed E-state index contributed by atoms with van der Waals surface area (Å²) in [4.78, 5) is 5.30. The SMILES string of the molecule is C=C1CC2(CCN1S(=O)(=O)c1ccc(C)cc1)C(c1ccccc1)=Nc1ccccc12. The number of para-hydroxylation sites is 1. The summed E-state index contributed by atoms with van der Waals surface area (Å²) in [5.41, 5.74) is 5.46. The molecule has 3 aromatic carbocycles. The van der Waals surface area contributed by atoms with Gasteiger partial charge in [0.05, 0.1) is 16.3 Å².